The van der Waals surface area contributed by atoms with E-state index >= 15 is 0 Å². The molecule has 4 bridgehead atoms. The second-order valence-electron chi connectivity index (χ2n) is 7.98. The molecule has 4 heterocycles. The molecule has 2 saturated heterocycles. The normalized spacial score (nSPS) is 38.5. The largest absolute Gasteiger partial charge is 0.508 e. The monoisotopic (exact) mass is 311 g/mol. The summed E-state index contributed by atoms with van der Waals surface area (Å²) >= 11 is 0. The van der Waals surface area contributed by atoms with Crippen molar-refractivity contribution in [1.29, 1.82) is 0 Å². The van der Waals surface area contributed by atoms with Crippen molar-refractivity contribution in [3.05, 3.63) is 29.5 Å². The average molecular weight is 311 g/mol. The molecule has 1 N–H and O–H groups in total. The van der Waals surface area contributed by atoms with Crippen molar-refractivity contribution < 1.29 is 9.52 Å². The van der Waals surface area contributed by atoms with E-state index in [0.29, 0.717) is 23.8 Å². The van der Waals surface area contributed by atoms with E-state index in [1.165, 1.54) is 37.1 Å². The first-order chi connectivity index (χ1) is 11.2. The van der Waals surface area contributed by atoms with Crippen LogP contribution in [0.25, 0.3) is 11.0 Å². The molecule has 3 aliphatic heterocycles. The minimum absolute atomic E-state index is 0.342. The Morgan fingerprint density at radius 1 is 1.30 bits per heavy atom. The van der Waals surface area contributed by atoms with E-state index in [1.807, 2.05) is 12.1 Å². The van der Waals surface area contributed by atoms with Crippen molar-refractivity contribution >= 4 is 11.0 Å². The van der Waals surface area contributed by atoms with E-state index in [-0.39, 0.29) is 0 Å². The third-order valence-corrected chi connectivity index (χ3v) is 6.70. The molecule has 1 saturated carbocycles. The Morgan fingerprint density at radius 3 is 3.00 bits per heavy atom. The van der Waals surface area contributed by atoms with Gasteiger partial charge in [-0.25, -0.2) is 0 Å². The van der Waals surface area contributed by atoms with Crippen LogP contribution in [0.5, 0.6) is 5.75 Å². The lowest BCUT2D eigenvalue weighted by Gasteiger charge is -2.54. The molecule has 23 heavy (non-hydrogen) atoms. The number of aromatic hydroxyl groups is 1. The lowest BCUT2D eigenvalue weighted by molar-refractivity contribution is -0.0384. The maximum atomic E-state index is 9.91. The van der Waals surface area contributed by atoms with E-state index in [4.69, 9.17) is 4.42 Å². The zero-order valence-corrected chi connectivity index (χ0v) is 14.0. The minimum atomic E-state index is 0.342. The molecule has 3 fully saturated rings. The summed E-state index contributed by atoms with van der Waals surface area (Å²) in [5, 5.41) is 11.0. The lowest BCUT2D eigenvalue weighted by Crippen LogP contribution is -2.58. The first kappa shape index (κ1) is 13.9. The number of rotatable bonds is 1. The number of benzene rings is 1. The van der Waals surface area contributed by atoms with Crippen LogP contribution in [0.15, 0.2) is 22.6 Å². The zero-order chi connectivity index (χ0) is 15.7. The molecule has 4 aliphatic rings. The average Bonchev–Trinajstić information content (AvgIpc) is 2.88. The Bertz CT molecular complexity index is 764. The molecular formula is C20H25NO2. The standard InChI is InChI=1S/C20H25NO2/c1-3-13-7-12-8-17-19(13)21(10-12)11(2)6-16-15-9-14(22)4-5-18(15)23-20(16)17/h4-5,9,11-13,17,19,22H,3,6-8,10H2,1-2H3. The number of phenols is 1. The van der Waals surface area contributed by atoms with Gasteiger partial charge in [-0.1, -0.05) is 13.3 Å². The van der Waals surface area contributed by atoms with E-state index in [0.717, 1.165) is 29.2 Å². The highest BCUT2D eigenvalue weighted by atomic mass is 16.3. The van der Waals surface area contributed by atoms with Crippen LogP contribution in [-0.2, 0) is 6.42 Å². The van der Waals surface area contributed by atoms with E-state index in [1.54, 1.807) is 6.07 Å². The van der Waals surface area contributed by atoms with Crippen molar-refractivity contribution in [2.24, 2.45) is 11.8 Å². The van der Waals surface area contributed by atoms with Crippen molar-refractivity contribution in [3.8, 4) is 5.75 Å². The van der Waals surface area contributed by atoms with Gasteiger partial charge >= 0.3 is 0 Å². The van der Waals surface area contributed by atoms with Gasteiger partial charge in [0.15, 0.2) is 0 Å². The van der Waals surface area contributed by atoms with E-state index in [2.05, 4.69) is 18.7 Å². The second kappa shape index (κ2) is 4.76. The molecule has 2 aromatic rings. The van der Waals surface area contributed by atoms with Crippen molar-refractivity contribution in [3.63, 3.8) is 0 Å². The molecule has 6 rings (SSSR count). The van der Waals surface area contributed by atoms with Crippen LogP contribution in [0.4, 0.5) is 0 Å². The van der Waals surface area contributed by atoms with Crippen molar-refractivity contribution in [2.75, 3.05) is 6.54 Å². The maximum absolute atomic E-state index is 9.91. The summed E-state index contributed by atoms with van der Waals surface area (Å²) in [6.07, 6.45) is 5.00. The van der Waals surface area contributed by atoms with Gasteiger partial charge in [0.25, 0.3) is 0 Å². The summed E-state index contributed by atoms with van der Waals surface area (Å²) in [6, 6.07) is 6.77. The Hall–Kier alpha value is -1.48. The fourth-order valence-corrected chi connectivity index (χ4v) is 5.78. The van der Waals surface area contributed by atoms with Gasteiger partial charge in [-0.05, 0) is 56.2 Å². The smallest absolute Gasteiger partial charge is 0.134 e. The Balaban J connectivity index is 1.72. The predicted molar refractivity (Wildman–Crippen MR) is 90.8 cm³/mol. The molecule has 6 atom stereocenters. The molecule has 0 amide bonds. The molecule has 0 spiro atoms. The highest BCUT2D eigenvalue weighted by molar-refractivity contribution is 5.84. The minimum Gasteiger partial charge on any atom is -0.508 e. The highest BCUT2D eigenvalue weighted by Crippen LogP contribution is 2.53. The summed E-state index contributed by atoms with van der Waals surface area (Å²) < 4.78 is 6.37. The number of hydrogen-bond donors (Lipinski definition) is 1. The number of nitrogens with zero attached hydrogens (tertiary/aromatic N) is 1. The van der Waals surface area contributed by atoms with Crippen molar-refractivity contribution in [2.45, 2.75) is 57.5 Å². The summed E-state index contributed by atoms with van der Waals surface area (Å²) in [4.78, 5) is 2.78. The molecule has 0 radical (unpaired) electrons. The van der Waals surface area contributed by atoms with Gasteiger partial charge in [0.1, 0.15) is 17.1 Å². The van der Waals surface area contributed by atoms with E-state index in [9.17, 15) is 5.11 Å². The van der Waals surface area contributed by atoms with Crippen LogP contribution in [-0.4, -0.2) is 28.6 Å². The molecule has 1 aromatic carbocycles. The molecule has 1 aliphatic carbocycles. The predicted octanol–water partition coefficient (Wildman–Crippen LogP) is 4.29. The van der Waals surface area contributed by atoms with Gasteiger partial charge < -0.3 is 9.52 Å². The Morgan fingerprint density at radius 2 is 2.17 bits per heavy atom. The SMILES string of the molecule is CCC1CC2CC3c4oc5ccc(O)cc5c4CC(C)N(C2)C13. The number of hydrogen-bond acceptors (Lipinski definition) is 3. The van der Waals surface area contributed by atoms with Gasteiger partial charge in [-0.2, -0.15) is 0 Å². The Kier molecular flexibility index (Phi) is 2.88. The van der Waals surface area contributed by atoms with E-state index < -0.39 is 0 Å². The number of furan rings is 1. The van der Waals surface area contributed by atoms with Gasteiger partial charge in [0.2, 0.25) is 0 Å². The zero-order valence-electron chi connectivity index (χ0n) is 14.0. The summed E-state index contributed by atoms with van der Waals surface area (Å²) in [5.74, 6) is 3.75. The second-order valence-corrected chi connectivity index (χ2v) is 7.98. The maximum Gasteiger partial charge on any atom is 0.134 e. The molecule has 3 nitrogen and oxygen atoms in total. The summed E-state index contributed by atoms with van der Waals surface area (Å²) in [6.45, 7) is 5.99. The van der Waals surface area contributed by atoms with Crippen LogP contribution in [0.1, 0.15) is 50.4 Å². The molecule has 3 heteroatoms. The number of piperidine rings is 2. The molecule has 6 unspecified atom stereocenters. The fourth-order valence-electron chi connectivity index (χ4n) is 5.78. The molecule has 1 aromatic heterocycles. The van der Waals surface area contributed by atoms with Gasteiger partial charge in [0.05, 0.1) is 0 Å². The van der Waals surface area contributed by atoms with Crippen LogP contribution in [0, 0.1) is 11.8 Å². The first-order valence-electron chi connectivity index (χ1n) is 9.15. The topological polar surface area (TPSA) is 36.6 Å². The third kappa shape index (κ3) is 1.86. The van der Waals surface area contributed by atoms with Gasteiger partial charge in [0, 0.05) is 35.5 Å². The highest BCUT2D eigenvalue weighted by Gasteiger charge is 2.51. The third-order valence-electron chi connectivity index (χ3n) is 6.70. The number of phenolic OH excluding ortho intramolecular Hbond substituents is 1. The quantitative estimate of drug-likeness (QED) is 0.853. The number of fused-ring (bicyclic) bond motifs is 4. The fraction of sp³-hybridized carbons (Fsp3) is 0.600. The Labute approximate surface area is 137 Å². The van der Waals surface area contributed by atoms with Crippen LogP contribution in [0.3, 0.4) is 0 Å². The summed E-state index contributed by atoms with van der Waals surface area (Å²) in [7, 11) is 0. The summed E-state index contributed by atoms with van der Waals surface area (Å²) in [5.41, 5.74) is 2.31. The van der Waals surface area contributed by atoms with Crippen LogP contribution in [0.2, 0.25) is 0 Å². The van der Waals surface area contributed by atoms with Crippen molar-refractivity contribution in [1.82, 2.24) is 4.90 Å². The van der Waals surface area contributed by atoms with Gasteiger partial charge in [-0.15, -0.1) is 0 Å². The van der Waals surface area contributed by atoms with Crippen LogP contribution < -0.4 is 0 Å². The first-order valence-corrected chi connectivity index (χ1v) is 9.15. The van der Waals surface area contributed by atoms with Gasteiger partial charge in [-0.3, -0.25) is 4.90 Å². The molecule has 122 valence electrons. The van der Waals surface area contributed by atoms with Crippen LogP contribution >= 0.6 is 0 Å². The molecular weight excluding hydrogens is 286 g/mol. The lowest BCUT2D eigenvalue weighted by atomic mass is 9.65.